The molecule has 18 heavy (non-hydrogen) atoms. The van der Waals surface area contributed by atoms with Gasteiger partial charge >= 0.3 is 5.97 Å². The monoisotopic (exact) mass is 264 g/mol. The molecular weight excluding hydrogens is 256 g/mol. The number of carboxylic acids is 1. The van der Waals surface area contributed by atoms with Crippen LogP contribution >= 0.6 is 11.3 Å². The van der Waals surface area contributed by atoms with Crippen LogP contribution < -0.4 is 10.5 Å². The molecule has 0 unspecified atom stereocenters. The minimum atomic E-state index is -1.01. The molecule has 0 atom stereocenters. The van der Waals surface area contributed by atoms with E-state index < -0.39 is 11.9 Å². The number of rotatable bonds is 4. The molecule has 0 aromatic carbocycles. The van der Waals surface area contributed by atoms with Gasteiger partial charge in [0.25, 0.3) is 0 Å². The van der Waals surface area contributed by atoms with Crippen molar-refractivity contribution in [2.45, 2.75) is 0 Å². The number of hydrogen-bond donors (Lipinski definition) is 2. The van der Waals surface area contributed by atoms with Crippen molar-refractivity contribution in [2.24, 2.45) is 5.73 Å². The third kappa shape index (κ3) is 2.64. The average molecular weight is 264 g/mol. The van der Waals surface area contributed by atoms with Gasteiger partial charge in [0.05, 0.1) is 5.56 Å². The summed E-state index contributed by atoms with van der Waals surface area (Å²) in [6, 6.07) is 4.37. The zero-order valence-corrected chi connectivity index (χ0v) is 9.81. The van der Waals surface area contributed by atoms with E-state index in [0.717, 1.165) is 11.3 Å². The molecule has 92 valence electrons. The summed E-state index contributed by atoms with van der Waals surface area (Å²) in [5.74, 6) is -0.934. The summed E-state index contributed by atoms with van der Waals surface area (Å²) in [5.41, 5.74) is 5.35. The van der Waals surface area contributed by atoms with Crippen LogP contribution in [0.3, 0.4) is 0 Å². The largest absolute Gasteiger partial charge is 0.477 e. The summed E-state index contributed by atoms with van der Waals surface area (Å²) in [6.45, 7) is 0. The van der Waals surface area contributed by atoms with Crippen molar-refractivity contribution >= 4 is 23.2 Å². The first-order valence-electron chi connectivity index (χ1n) is 4.82. The molecule has 2 aromatic rings. The van der Waals surface area contributed by atoms with E-state index in [1.54, 1.807) is 5.38 Å². The predicted octanol–water partition coefficient (Wildman–Crippen LogP) is 1.73. The summed E-state index contributed by atoms with van der Waals surface area (Å²) in [5, 5.41) is 10.3. The van der Waals surface area contributed by atoms with E-state index >= 15 is 0 Å². The number of thiophene rings is 1. The molecule has 2 aromatic heterocycles. The van der Waals surface area contributed by atoms with Gasteiger partial charge in [-0.15, -0.1) is 11.3 Å². The zero-order chi connectivity index (χ0) is 13.1. The fourth-order valence-electron chi connectivity index (χ4n) is 1.19. The minimum absolute atomic E-state index is 0.179. The lowest BCUT2D eigenvalue weighted by Crippen LogP contribution is -2.10. The SMILES string of the molecule is NC(=O)c1ccc(Oc2csc(C(=O)O)c2)nc1. The molecule has 7 heteroatoms. The van der Waals surface area contributed by atoms with Gasteiger partial charge in [0.15, 0.2) is 0 Å². The van der Waals surface area contributed by atoms with Gasteiger partial charge < -0.3 is 15.6 Å². The molecule has 0 bridgehead atoms. The molecule has 0 aliphatic heterocycles. The zero-order valence-electron chi connectivity index (χ0n) is 8.99. The van der Waals surface area contributed by atoms with Gasteiger partial charge in [-0.25, -0.2) is 9.78 Å². The topological polar surface area (TPSA) is 103 Å². The first-order valence-corrected chi connectivity index (χ1v) is 5.70. The maximum atomic E-state index is 10.8. The molecule has 3 N–H and O–H groups in total. The highest BCUT2D eigenvalue weighted by Crippen LogP contribution is 2.25. The Labute approximate surface area is 106 Å². The number of nitrogens with two attached hydrogens (primary N) is 1. The van der Waals surface area contributed by atoms with E-state index in [9.17, 15) is 9.59 Å². The molecule has 2 heterocycles. The van der Waals surface area contributed by atoms with Gasteiger partial charge in [-0.3, -0.25) is 4.79 Å². The Kier molecular flexibility index (Phi) is 3.24. The highest BCUT2D eigenvalue weighted by Gasteiger charge is 2.09. The molecule has 6 nitrogen and oxygen atoms in total. The first kappa shape index (κ1) is 12.1. The second kappa shape index (κ2) is 4.84. The van der Waals surface area contributed by atoms with Crippen LogP contribution in [0.4, 0.5) is 0 Å². The second-order valence-electron chi connectivity index (χ2n) is 3.30. The van der Waals surface area contributed by atoms with Gasteiger partial charge in [0.2, 0.25) is 11.8 Å². The Morgan fingerprint density at radius 2 is 2.17 bits per heavy atom. The lowest BCUT2D eigenvalue weighted by atomic mass is 10.3. The number of carbonyl (C=O) groups excluding carboxylic acids is 1. The Morgan fingerprint density at radius 1 is 1.39 bits per heavy atom. The van der Waals surface area contributed by atoms with Crippen molar-refractivity contribution in [1.82, 2.24) is 4.98 Å². The van der Waals surface area contributed by atoms with Crippen molar-refractivity contribution in [3.8, 4) is 11.6 Å². The summed E-state index contributed by atoms with van der Waals surface area (Å²) in [6.07, 6.45) is 1.29. The standard InChI is InChI=1S/C11H8N2O4S/c12-10(14)6-1-2-9(13-4-6)17-7-3-8(11(15)16)18-5-7/h1-5H,(H2,12,14)(H,15,16). The van der Waals surface area contributed by atoms with E-state index in [0.29, 0.717) is 5.75 Å². The Balaban J connectivity index is 2.13. The number of ether oxygens (including phenoxy) is 1. The summed E-state index contributed by atoms with van der Waals surface area (Å²) in [7, 11) is 0. The van der Waals surface area contributed by atoms with Crippen LogP contribution in [0.5, 0.6) is 11.6 Å². The Bertz CT molecular complexity index is 591. The van der Waals surface area contributed by atoms with Crippen LogP contribution in [0, 0.1) is 0 Å². The van der Waals surface area contributed by atoms with E-state index in [-0.39, 0.29) is 16.3 Å². The van der Waals surface area contributed by atoms with Crippen LogP contribution in [0.25, 0.3) is 0 Å². The third-order valence-corrected chi connectivity index (χ3v) is 2.93. The number of amides is 1. The van der Waals surface area contributed by atoms with E-state index in [2.05, 4.69) is 4.98 Å². The highest BCUT2D eigenvalue weighted by molar-refractivity contribution is 7.12. The molecule has 0 saturated heterocycles. The number of nitrogens with zero attached hydrogens (tertiary/aromatic N) is 1. The highest BCUT2D eigenvalue weighted by atomic mass is 32.1. The second-order valence-corrected chi connectivity index (χ2v) is 4.21. The quantitative estimate of drug-likeness (QED) is 0.875. The van der Waals surface area contributed by atoms with Gasteiger partial charge in [-0.2, -0.15) is 0 Å². The molecule has 0 aliphatic carbocycles. The average Bonchev–Trinajstić information content (AvgIpc) is 2.78. The third-order valence-electron chi connectivity index (χ3n) is 2.03. The van der Waals surface area contributed by atoms with Gasteiger partial charge in [-0.05, 0) is 6.07 Å². The van der Waals surface area contributed by atoms with E-state index in [1.165, 1.54) is 24.4 Å². The summed E-state index contributed by atoms with van der Waals surface area (Å²) in [4.78, 5) is 25.6. The van der Waals surface area contributed by atoms with Gasteiger partial charge in [0.1, 0.15) is 10.6 Å². The normalized spacial score (nSPS) is 10.0. The minimum Gasteiger partial charge on any atom is -0.477 e. The number of hydrogen-bond acceptors (Lipinski definition) is 5. The number of aromatic carboxylic acids is 1. The lowest BCUT2D eigenvalue weighted by Gasteiger charge is -2.01. The van der Waals surface area contributed by atoms with Gasteiger partial charge in [-0.1, -0.05) is 0 Å². The summed E-state index contributed by atoms with van der Waals surface area (Å²) >= 11 is 1.06. The number of carbonyl (C=O) groups is 2. The number of aromatic nitrogens is 1. The van der Waals surface area contributed by atoms with Crippen molar-refractivity contribution < 1.29 is 19.4 Å². The molecule has 0 spiro atoms. The molecule has 0 radical (unpaired) electrons. The van der Waals surface area contributed by atoms with Gasteiger partial charge in [0, 0.05) is 23.7 Å². The molecule has 1 amide bonds. The molecular formula is C11H8N2O4S. The van der Waals surface area contributed by atoms with Crippen molar-refractivity contribution in [2.75, 3.05) is 0 Å². The molecule has 0 saturated carbocycles. The van der Waals surface area contributed by atoms with Crippen LogP contribution in [0.1, 0.15) is 20.0 Å². The molecule has 0 fully saturated rings. The fourth-order valence-corrected chi connectivity index (χ4v) is 1.84. The maximum Gasteiger partial charge on any atom is 0.346 e. The Hall–Kier alpha value is -2.41. The molecule has 0 aliphatic rings. The predicted molar refractivity (Wildman–Crippen MR) is 64.1 cm³/mol. The molecule has 2 rings (SSSR count). The number of carboxylic acid groups (broad SMARTS) is 1. The first-order chi connectivity index (χ1) is 8.56. The van der Waals surface area contributed by atoms with Crippen LogP contribution in [-0.2, 0) is 0 Å². The fraction of sp³-hybridized carbons (Fsp3) is 0. The Morgan fingerprint density at radius 3 is 2.67 bits per heavy atom. The number of primary amides is 1. The van der Waals surface area contributed by atoms with Crippen molar-refractivity contribution in [3.63, 3.8) is 0 Å². The van der Waals surface area contributed by atoms with E-state index in [4.69, 9.17) is 15.6 Å². The van der Waals surface area contributed by atoms with E-state index in [1.807, 2.05) is 0 Å². The van der Waals surface area contributed by atoms with Crippen molar-refractivity contribution in [3.05, 3.63) is 40.2 Å². The maximum absolute atomic E-state index is 10.8. The number of pyridine rings is 1. The van der Waals surface area contributed by atoms with Crippen LogP contribution in [0.2, 0.25) is 0 Å². The van der Waals surface area contributed by atoms with Crippen LogP contribution in [-0.4, -0.2) is 22.0 Å². The van der Waals surface area contributed by atoms with Crippen LogP contribution in [0.15, 0.2) is 29.8 Å². The van der Waals surface area contributed by atoms with Crippen molar-refractivity contribution in [1.29, 1.82) is 0 Å². The smallest absolute Gasteiger partial charge is 0.346 e. The lowest BCUT2D eigenvalue weighted by molar-refractivity contribution is 0.0701. The summed E-state index contributed by atoms with van der Waals surface area (Å²) < 4.78 is 5.33.